The van der Waals surface area contributed by atoms with Crippen molar-refractivity contribution in [3.63, 3.8) is 0 Å². The van der Waals surface area contributed by atoms with Crippen LogP contribution in [0.2, 0.25) is 5.02 Å². The van der Waals surface area contributed by atoms with Crippen molar-refractivity contribution in [3.8, 4) is 70.0 Å². The largest absolute Gasteiger partial charge is 0.444 e. The second kappa shape index (κ2) is 24.6. The number of hydrogen-bond acceptors (Lipinski definition) is 22. The molecule has 396 valence electrons. The number of carbonyl (C=O) groups is 2. The van der Waals surface area contributed by atoms with E-state index in [0.717, 1.165) is 18.5 Å². The van der Waals surface area contributed by atoms with Gasteiger partial charge in [-0.3, -0.25) is 5.32 Å². The van der Waals surface area contributed by atoms with Gasteiger partial charge in [-0.15, -0.1) is 30.6 Å². The molecule has 3 amide bonds. The highest BCUT2D eigenvalue weighted by Gasteiger charge is 2.33. The van der Waals surface area contributed by atoms with E-state index in [2.05, 4.69) is 76.4 Å². The molecular weight excluding hydrogens is 1050 g/mol. The number of nitrogens with zero attached hydrogens (tertiary/aromatic N) is 12. The van der Waals surface area contributed by atoms with Gasteiger partial charge in [0.25, 0.3) is 17.7 Å². The summed E-state index contributed by atoms with van der Waals surface area (Å²) in [7, 11) is 0. The Kier molecular flexibility index (Phi) is 16.9. The average Bonchev–Trinajstić information content (AvgIpc) is 4.24. The molecule has 0 fully saturated rings. The predicted octanol–water partition coefficient (Wildman–Crippen LogP) is 11.2. The van der Waals surface area contributed by atoms with Gasteiger partial charge in [-0.05, 0) is 75.4 Å². The van der Waals surface area contributed by atoms with Gasteiger partial charge >= 0.3 is 18.3 Å². The van der Waals surface area contributed by atoms with Gasteiger partial charge in [0.05, 0.1) is 10.6 Å². The third-order valence-electron chi connectivity index (χ3n) is 9.17. The van der Waals surface area contributed by atoms with Crippen LogP contribution >= 0.6 is 11.6 Å². The molecule has 0 spiro atoms. The summed E-state index contributed by atoms with van der Waals surface area (Å²) < 4.78 is 76.3. The number of hydrogen-bond donors (Lipinski definition) is 4. The van der Waals surface area contributed by atoms with Crippen LogP contribution in [-0.4, -0.2) is 78.2 Å². The highest BCUT2D eigenvalue weighted by atomic mass is 35.5. The molecule has 0 radical (unpaired) electrons. The molecule has 0 saturated heterocycles. The molecule has 5 N–H and O–H groups in total. The SMILES string of the molecule is CC(C)(C)OC(=O)Nc1cccc(Oc2ccnc(-c3nnco3)n2)c1.Nc1cccc(Oc2ccnc(-c3nnco3)n2)c1.O=C(Nc1cccc(Oc2ccnc(-c3nnco3)n2)c1)Nc1ccc(Cl)c(C(F)(F)F)c1. The molecule has 0 aliphatic carbocycles. The number of carbonyl (C=O) groups excluding carboxylic acids is 2. The molecule has 0 atom stereocenters. The Hall–Kier alpha value is -10.6. The summed E-state index contributed by atoms with van der Waals surface area (Å²) in [5.41, 5.74) is 5.43. The first kappa shape index (κ1) is 53.6. The molecule has 10 rings (SSSR count). The topological polar surface area (TPSA) is 327 Å². The molecule has 6 aromatic heterocycles. The minimum Gasteiger partial charge on any atom is -0.444 e. The van der Waals surface area contributed by atoms with Crippen molar-refractivity contribution in [2.24, 2.45) is 0 Å². The molecule has 25 nitrogen and oxygen atoms in total. The van der Waals surface area contributed by atoms with Crippen molar-refractivity contribution < 1.29 is 55.0 Å². The van der Waals surface area contributed by atoms with E-state index in [9.17, 15) is 22.8 Å². The Bertz CT molecular complexity index is 3590. The fourth-order valence-corrected chi connectivity index (χ4v) is 6.29. The minimum absolute atomic E-state index is 0.0776. The monoisotopic (exact) mass is 1090 g/mol. The van der Waals surface area contributed by atoms with Gasteiger partial charge in [-0.2, -0.15) is 28.1 Å². The lowest BCUT2D eigenvalue weighted by molar-refractivity contribution is -0.137. The lowest BCUT2D eigenvalue weighted by Gasteiger charge is -2.19. The number of alkyl halides is 3. The summed E-state index contributed by atoms with van der Waals surface area (Å²) >= 11 is 5.59. The third-order valence-corrected chi connectivity index (χ3v) is 9.50. The number of nitrogens with two attached hydrogens (primary N) is 1. The van der Waals surface area contributed by atoms with Crippen LogP contribution in [0.5, 0.6) is 34.9 Å². The number of aromatic nitrogens is 12. The van der Waals surface area contributed by atoms with Crippen molar-refractivity contribution >= 4 is 46.5 Å². The molecule has 78 heavy (non-hydrogen) atoms. The van der Waals surface area contributed by atoms with Crippen LogP contribution in [0.4, 0.5) is 45.5 Å². The van der Waals surface area contributed by atoms with E-state index in [4.69, 9.17) is 49.5 Å². The average molecular weight is 1090 g/mol. The van der Waals surface area contributed by atoms with Crippen LogP contribution in [0.15, 0.2) is 160 Å². The molecule has 29 heteroatoms. The first-order chi connectivity index (χ1) is 37.5. The van der Waals surface area contributed by atoms with Gasteiger partial charge in [0.1, 0.15) is 22.8 Å². The van der Waals surface area contributed by atoms with E-state index < -0.39 is 34.5 Å². The van der Waals surface area contributed by atoms with E-state index in [1.807, 2.05) is 0 Å². The van der Waals surface area contributed by atoms with Gasteiger partial charge in [0.15, 0.2) is 0 Å². The summed E-state index contributed by atoms with van der Waals surface area (Å²) in [4.78, 5) is 48.7. The number of amides is 3. The highest BCUT2D eigenvalue weighted by Crippen LogP contribution is 2.36. The first-order valence-electron chi connectivity index (χ1n) is 22.3. The second-order valence-corrected chi connectivity index (χ2v) is 16.6. The zero-order chi connectivity index (χ0) is 55.1. The standard InChI is InChI=1S/C20H12ClF3N6O3.C17H17N5O4.C12H9N5O2/c21-15-5-4-12(9-14(15)20(22,23)24)28-19(31)27-11-2-1-3-13(8-11)33-16-6-7-25-17(29-16)18-30-26-10-32-18;1-17(2,3)26-16(23)20-11-5-4-6-12(9-11)25-13-7-8-18-14(21-13)15-22-19-10-24-15;13-8-2-1-3-9(6-8)19-10-4-5-14-11(16-10)12-17-15-7-18-12/h1-10H,(H2,27,28,31);4-10H,1-3H3,(H,20,23);1-7H,13H2. The van der Waals surface area contributed by atoms with E-state index in [1.165, 1.54) is 43.4 Å². The lowest BCUT2D eigenvalue weighted by Crippen LogP contribution is -2.27. The molecule has 6 heterocycles. The number of halogens is 4. The fraction of sp³-hybridized carbons (Fsp3) is 0.102. The van der Waals surface area contributed by atoms with Crippen LogP contribution in [0.1, 0.15) is 26.3 Å². The molecule has 0 bridgehead atoms. The predicted molar refractivity (Wildman–Crippen MR) is 269 cm³/mol. The minimum atomic E-state index is -4.65. The Morgan fingerprint density at radius 2 is 0.974 bits per heavy atom. The molecular formula is C49H38ClF3N16O9. The second-order valence-electron chi connectivity index (χ2n) is 16.2. The maximum atomic E-state index is 13.0. The van der Waals surface area contributed by atoms with Crippen LogP contribution in [0, 0.1) is 0 Å². The van der Waals surface area contributed by atoms with E-state index in [0.29, 0.717) is 51.9 Å². The Morgan fingerprint density at radius 3 is 1.38 bits per heavy atom. The Balaban J connectivity index is 0.000000160. The van der Waals surface area contributed by atoms with Crippen LogP contribution in [0.25, 0.3) is 35.1 Å². The Morgan fingerprint density at radius 1 is 0.551 bits per heavy atom. The zero-order valence-electron chi connectivity index (χ0n) is 40.5. The van der Waals surface area contributed by atoms with Crippen LogP contribution < -0.4 is 35.9 Å². The number of nitrogen functional groups attached to an aromatic ring is 1. The molecule has 0 saturated carbocycles. The fourth-order valence-electron chi connectivity index (χ4n) is 6.07. The molecule has 0 aliphatic heterocycles. The summed E-state index contributed by atoms with van der Waals surface area (Å²) in [6.45, 7) is 5.38. The maximum absolute atomic E-state index is 13.0. The van der Waals surface area contributed by atoms with Gasteiger partial charge in [-0.1, -0.05) is 29.8 Å². The first-order valence-corrected chi connectivity index (χ1v) is 22.7. The van der Waals surface area contributed by atoms with E-state index in [1.54, 1.807) is 106 Å². The zero-order valence-corrected chi connectivity index (χ0v) is 41.2. The van der Waals surface area contributed by atoms with Crippen LogP contribution in [-0.2, 0) is 10.9 Å². The van der Waals surface area contributed by atoms with Crippen molar-refractivity contribution in [2.75, 3.05) is 21.7 Å². The number of benzene rings is 4. The van der Waals surface area contributed by atoms with E-state index >= 15 is 0 Å². The maximum Gasteiger partial charge on any atom is 0.417 e. The van der Waals surface area contributed by atoms with Gasteiger partial charge in [0.2, 0.25) is 54.3 Å². The smallest absolute Gasteiger partial charge is 0.417 e. The molecule has 4 aromatic carbocycles. The van der Waals surface area contributed by atoms with Crippen molar-refractivity contribution in [1.29, 1.82) is 0 Å². The summed E-state index contributed by atoms with van der Waals surface area (Å²) in [5.74, 6) is 3.51. The number of urea groups is 1. The van der Waals surface area contributed by atoms with Crippen molar-refractivity contribution in [2.45, 2.75) is 32.5 Å². The van der Waals surface area contributed by atoms with Crippen molar-refractivity contribution in [3.05, 3.63) is 158 Å². The molecule has 10 aromatic rings. The highest BCUT2D eigenvalue weighted by molar-refractivity contribution is 6.31. The van der Waals surface area contributed by atoms with E-state index in [-0.39, 0.29) is 40.9 Å². The molecule has 0 aliphatic rings. The van der Waals surface area contributed by atoms with Gasteiger partial charge < -0.3 is 48.6 Å². The molecule has 0 unspecified atom stereocenters. The van der Waals surface area contributed by atoms with Gasteiger partial charge in [-0.25, -0.2) is 24.5 Å². The number of rotatable bonds is 12. The number of nitrogens with one attached hydrogen (secondary N) is 3. The van der Waals surface area contributed by atoms with Crippen molar-refractivity contribution in [1.82, 2.24) is 60.5 Å². The lowest BCUT2D eigenvalue weighted by atomic mass is 10.2. The third kappa shape index (κ3) is 15.9. The number of anilines is 4. The quantitative estimate of drug-likeness (QED) is 0.0826. The summed E-state index contributed by atoms with van der Waals surface area (Å²) in [6.07, 6.45) is 2.86. The Labute approximate surface area is 442 Å². The normalized spacial score (nSPS) is 10.9. The number of ether oxygens (including phenoxy) is 4. The van der Waals surface area contributed by atoms with Crippen LogP contribution in [0.3, 0.4) is 0 Å². The summed E-state index contributed by atoms with van der Waals surface area (Å²) in [5, 5.41) is 28.9. The summed E-state index contributed by atoms with van der Waals surface area (Å²) in [6, 6.07) is 27.2. The van der Waals surface area contributed by atoms with Gasteiger partial charge in [0, 0.05) is 77.7 Å².